The van der Waals surface area contributed by atoms with Crippen molar-refractivity contribution in [2.45, 2.75) is 18.5 Å². The van der Waals surface area contributed by atoms with Crippen LogP contribution in [0.3, 0.4) is 0 Å². The van der Waals surface area contributed by atoms with Gasteiger partial charge < -0.3 is 9.47 Å². The summed E-state index contributed by atoms with van der Waals surface area (Å²) in [5.41, 5.74) is 2.10. The summed E-state index contributed by atoms with van der Waals surface area (Å²) in [7, 11) is -1.42. The van der Waals surface area contributed by atoms with Crippen LogP contribution in [-0.2, 0) is 33.6 Å². The maximum atomic E-state index is 12.3. The van der Waals surface area contributed by atoms with E-state index >= 15 is 0 Å². The molecule has 0 bridgehead atoms. The van der Waals surface area contributed by atoms with Gasteiger partial charge in [0.1, 0.15) is 0 Å². The van der Waals surface area contributed by atoms with Crippen molar-refractivity contribution in [2.24, 2.45) is 0 Å². The van der Waals surface area contributed by atoms with E-state index in [1.54, 1.807) is 24.3 Å². The van der Waals surface area contributed by atoms with Crippen LogP contribution in [0.4, 0.5) is 0 Å². The molecule has 0 radical (unpaired) electrons. The smallest absolute Gasteiger partial charge is 0.339 e. The van der Waals surface area contributed by atoms with Crippen molar-refractivity contribution < 1.29 is 31.7 Å². The van der Waals surface area contributed by atoms with Crippen molar-refractivity contribution >= 4 is 28.3 Å². The summed E-state index contributed by atoms with van der Waals surface area (Å²) in [6, 6.07) is 4.03. The standard InChI is InChI=1S/C16H17NO7S/c1-22-14(18)7-6-10-4-3-5-11-12(8-15(19)23-2)17-13(16(10)11)9-24-25(17,20)21/h3-7,12-13H,8-9H2,1-2H3/b7-6+/t12-,13-/m0/s1. The Morgan fingerprint density at radius 3 is 2.76 bits per heavy atom. The number of hydrogen-bond acceptors (Lipinski definition) is 7. The van der Waals surface area contributed by atoms with E-state index in [1.807, 2.05) is 0 Å². The molecule has 1 aromatic carbocycles. The van der Waals surface area contributed by atoms with E-state index in [9.17, 15) is 18.0 Å². The second kappa shape index (κ2) is 6.58. The lowest BCUT2D eigenvalue weighted by molar-refractivity contribution is -0.141. The molecular formula is C16H17NO7S. The summed E-state index contributed by atoms with van der Waals surface area (Å²) in [6.07, 6.45) is 2.71. The van der Waals surface area contributed by atoms with Gasteiger partial charge in [-0.3, -0.25) is 8.98 Å². The molecule has 0 spiro atoms. The van der Waals surface area contributed by atoms with E-state index in [4.69, 9.17) is 8.92 Å². The number of esters is 2. The number of rotatable bonds is 4. The van der Waals surface area contributed by atoms with Gasteiger partial charge in [-0.15, -0.1) is 0 Å². The molecule has 1 saturated heterocycles. The number of hydrogen-bond donors (Lipinski definition) is 0. The van der Waals surface area contributed by atoms with Crippen molar-refractivity contribution in [1.29, 1.82) is 0 Å². The second-order valence-corrected chi connectivity index (χ2v) is 7.10. The first-order valence-corrected chi connectivity index (χ1v) is 8.89. The van der Waals surface area contributed by atoms with E-state index in [1.165, 1.54) is 24.6 Å². The normalized spacial score (nSPS) is 24.1. The third kappa shape index (κ3) is 3.06. The van der Waals surface area contributed by atoms with Gasteiger partial charge in [0.25, 0.3) is 0 Å². The minimum atomic E-state index is -3.94. The Morgan fingerprint density at radius 2 is 2.08 bits per heavy atom. The molecule has 0 aliphatic carbocycles. The van der Waals surface area contributed by atoms with Crippen LogP contribution in [0.15, 0.2) is 24.3 Å². The monoisotopic (exact) mass is 367 g/mol. The fraction of sp³-hybridized carbons (Fsp3) is 0.375. The number of ether oxygens (including phenoxy) is 2. The highest BCUT2D eigenvalue weighted by Crippen LogP contribution is 2.50. The van der Waals surface area contributed by atoms with Crippen molar-refractivity contribution in [3.8, 4) is 0 Å². The minimum Gasteiger partial charge on any atom is -0.469 e. The quantitative estimate of drug-likeness (QED) is 0.580. The first-order valence-electron chi connectivity index (χ1n) is 7.52. The molecule has 0 unspecified atom stereocenters. The van der Waals surface area contributed by atoms with Crippen LogP contribution in [0.25, 0.3) is 6.08 Å². The van der Waals surface area contributed by atoms with Crippen molar-refractivity contribution in [2.75, 3.05) is 20.8 Å². The van der Waals surface area contributed by atoms with Gasteiger partial charge in [0.15, 0.2) is 0 Å². The van der Waals surface area contributed by atoms with Gasteiger partial charge >= 0.3 is 22.2 Å². The Morgan fingerprint density at radius 1 is 1.32 bits per heavy atom. The Kier molecular flexibility index (Phi) is 4.63. The summed E-state index contributed by atoms with van der Waals surface area (Å²) >= 11 is 0. The van der Waals surface area contributed by atoms with Crippen LogP contribution in [0.5, 0.6) is 0 Å². The number of methoxy groups -OCH3 is 2. The van der Waals surface area contributed by atoms with Crippen molar-refractivity contribution in [3.63, 3.8) is 0 Å². The molecule has 0 saturated carbocycles. The van der Waals surface area contributed by atoms with E-state index in [0.29, 0.717) is 11.1 Å². The largest absolute Gasteiger partial charge is 0.469 e. The molecule has 2 heterocycles. The number of nitrogens with zero attached hydrogens (tertiary/aromatic N) is 1. The Hall–Kier alpha value is -2.23. The number of carbonyl (C=O) groups is 2. The van der Waals surface area contributed by atoms with Gasteiger partial charge in [-0.05, 0) is 22.8 Å². The van der Waals surface area contributed by atoms with Crippen LogP contribution in [0.1, 0.15) is 35.2 Å². The Labute approximate surface area is 145 Å². The zero-order valence-electron chi connectivity index (χ0n) is 13.7. The zero-order valence-corrected chi connectivity index (χ0v) is 14.5. The Bertz CT molecular complexity index is 846. The Balaban J connectivity index is 2.08. The van der Waals surface area contributed by atoms with Gasteiger partial charge in [-0.25, -0.2) is 4.79 Å². The fourth-order valence-electron chi connectivity index (χ4n) is 3.25. The molecule has 2 aliphatic rings. The molecule has 0 amide bonds. The molecule has 3 rings (SSSR count). The molecule has 25 heavy (non-hydrogen) atoms. The summed E-state index contributed by atoms with van der Waals surface area (Å²) in [5, 5.41) is 0. The molecule has 9 heteroatoms. The number of fused-ring (bicyclic) bond motifs is 3. The lowest BCUT2D eigenvalue weighted by atomic mass is 9.95. The van der Waals surface area contributed by atoms with Crippen LogP contribution in [0.2, 0.25) is 0 Å². The molecule has 0 N–H and O–H groups in total. The molecule has 134 valence electrons. The average molecular weight is 367 g/mol. The topological polar surface area (TPSA) is 99.2 Å². The van der Waals surface area contributed by atoms with Crippen LogP contribution in [0, 0.1) is 0 Å². The van der Waals surface area contributed by atoms with Crippen molar-refractivity contribution in [3.05, 3.63) is 41.0 Å². The summed E-state index contributed by atoms with van der Waals surface area (Å²) in [6.45, 7) is -0.0456. The predicted octanol–water partition coefficient (Wildman–Crippen LogP) is 1.11. The zero-order chi connectivity index (χ0) is 18.2. The maximum absolute atomic E-state index is 12.3. The molecule has 2 aliphatic heterocycles. The molecule has 1 fully saturated rings. The van der Waals surface area contributed by atoms with Crippen LogP contribution >= 0.6 is 0 Å². The molecule has 1 aromatic rings. The minimum absolute atomic E-state index is 0.0456. The van der Waals surface area contributed by atoms with E-state index < -0.39 is 34.3 Å². The summed E-state index contributed by atoms with van der Waals surface area (Å²) < 4.78 is 40.0. The molecular weight excluding hydrogens is 350 g/mol. The highest BCUT2D eigenvalue weighted by atomic mass is 32.2. The van der Waals surface area contributed by atoms with Crippen LogP contribution in [-0.4, -0.2) is 45.5 Å². The number of benzene rings is 1. The molecule has 2 atom stereocenters. The van der Waals surface area contributed by atoms with Gasteiger partial charge in [0.2, 0.25) is 0 Å². The lowest BCUT2D eigenvalue weighted by Gasteiger charge is -2.20. The average Bonchev–Trinajstić information content (AvgIpc) is 3.08. The third-order valence-corrected chi connectivity index (χ3v) is 5.76. The third-order valence-electron chi connectivity index (χ3n) is 4.30. The second-order valence-electron chi connectivity index (χ2n) is 5.59. The van der Waals surface area contributed by atoms with Gasteiger partial charge in [0.05, 0.1) is 39.3 Å². The highest BCUT2D eigenvalue weighted by Gasteiger charge is 2.52. The van der Waals surface area contributed by atoms with Gasteiger partial charge in [-0.2, -0.15) is 12.7 Å². The van der Waals surface area contributed by atoms with E-state index in [2.05, 4.69) is 4.74 Å². The fourth-order valence-corrected chi connectivity index (χ4v) is 4.65. The van der Waals surface area contributed by atoms with E-state index in [-0.39, 0.29) is 13.0 Å². The maximum Gasteiger partial charge on any atom is 0.339 e. The van der Waals surface area contributed by atoms with E-state index in [0.717, 1.165) is 5.56 Å². The van der Waals surface area contributed by atoms with Gasteiger partial charge in [-0.1, -0.05) is 18.2 Å². The predicted molar refractivity (Wildman–Crippen MR) is 86.3 cm³/mol. The molecule has 8 nitrogen and oxygen atoms in total. The summed E-state index contributed by atoms with van der Waals surface area (Å²) in [4.78, 5) is 23.1. The highest BCUT2D eigenvalue weighted by molar-refractivity contribution is 7.84. The van der Waals surface area contributed by atoms with Gasteiger partial charge in [0, 0.05) is 6.08 Å². The first kappa shape index (κ1) is 17.6. The van der Waals surface area contributed by atoms with Crippen molar-refractivity contribution in [1.82, 2.24) is 4.31 Å². The first-order chi connectivity index (χ1) is 11.9. The SMILES string of the molecule is COC(=O)/C=C/c1cccc2c1[C@@H]1COS(=O)(=O)N1[C@H]2CC(=O)OC. The van der Waals surface area contributed by atoms with Crippen LogP contribution < -0.4 is 0 Å². The summed E-state index contributed by atoms with van der Waals surface area (Å²) in [5.74, 6) is -1.04. The lowest BCUT2D eigenvalue weighted by Crippen LogP contribution is -2.28. The molecule has 0 aromatic heterocycles. The number of carbonyl (C=O) groups excluding carboxylic acids is 2.